The summed E-state index contributed by atoms with van der Waals surface area (Å²) in [6.45, 7) is 3.68. The van der Waals surface area contributed by atoms with Crippen molar-refractivity contribution in [3.05, 3.63) is 27.5 Å². The molecule has 2 heterocycles. The molecule has 9 heteroatoms. The number of hydrogen-bond donors (Lipinski definition) is 0. The van der Waals surface area contributed by atoms with Crippen molar-refractivity contribution in [1.82, 2.24) is 20.0 Å². The van der Waals surface area contributed by atoms with Gasteiger partial charge in [0, 0.05) is 5.38 Å². The molecule has 0 aliphatic heterocycles. The SMILES string of the molecule is CCOC(=O)c1nnn(Cc2csc(CC)n2)c1C(F)F. The maximum absolute atomic E-state index is 13.2. The highest BCUT2D eigenvalue weighted by atomic mass is 32.1. The first-order valence-corrected chi connectivity index (χ1v) is 7.26. The number of carbonyl (C=O) groups excluding carboxylic acids is 1. The van der Waals surface area contributed by atoms with Crippen molar-refractivity contribution in [3.8, 4) is 0 Å². The molecule has 0 aromatic carbocycles. The fraction of sp³-hybridized carbons (Fsp3) is 0.500. The maximum Gasteiger partial charge on any atom is 0.361 e. The van der Waals surface area contributed by atoms with Gasteiger partial charge in [0.2, 0.25) is 0 Å². The first-order chi connectivity index (χ1) is 10.1. The van der Waals surface area contributed by atoms with Crippen LogP contribution in [-0.4, -0.2) is 32.6 Å². The van der Waals surface area contributed by atoms with Crippen molar-refractivity contribution < 1.29 is 18.3 Å². The molecular formula is C12H14F2N4O2S. The second-order valence-corrected chi connectivity index (χ2v) is 5.03. The number of rotatable bonds is 6. The first kappa shape index (κ1) is 15.5. The Bertz CT molecular complexity index is 627. The molecule has 6 nitrogen and oxygen atoms in total. The molecule has 0 bridgehead atoms. The van der Waals surface area contributed by atoms with Crippen molar-refractivity contribution in [2.75, 3.05) is 6.61 Å². The van der Waals surface area contributed by atoms with E-state index in [1.165, 1.54) is 11.3 Å². The van der Waals surface area contributed by atoms with Crippen molar-refractivity contribution in [3.63, 3.8) is 0 Å². The maximum atomic E-state index is 13.2. The zero-order chi connectivity index (χ0) is 15.4. The smallest absolute Gasteiger partial charge is 0.361 e. The molecule has 0 atom stereocenters. The van der Waals surface area contributed by atoms with Crippen LogP contribution in [0.3, 0.4) is 0 Å². The van der Waals surface area contributed by atoms with E-state index in [-0.39, 0.29) is 13.2 Å². The van der Waals surface area contributed by atoms with Crippen LogP contribution in [-0.2, 0) is 17.7 Å². The predicted octanol–water partition coefficient (Wildman–Crippen LogP) is 2.46. The molecule has 2 rings (SSSR count). The summed E-state index contributed by atoms with van der Waals surface area (Å²) < 4.78 is 32.0. The molecule has 0 aliphatic rings. The summed E-state index contributed by atoms with van der Waals surface area (Å²) in [6.07, 6.45) is -2.10. The number of alkyl halides is 2. The van der Waals surface area contributed by atoms with E-state index in [9.17, 15) is 13.6 Å². The molecule has 0 amide bonds. The van der Waals surface area contributed by atoms with Gasteiger partial charge in [-0.2, -0.15) is 0 Å². The Kier molecular flexibility index (Phi) is 4.94. The Morgan fingerprint density at radius 3 is 2.81 bits per heavy atom. The number of aryl methyl sites for hydroxylation is 1. The number of ether oxygens (including phenoxy) is 1. The molecule has 0 aliphatic carbocycles. The summed E-state index contributed by atoms with van der Waals surface area (Å²) in [4.78, 5) is 15.9. The zero-order valence-corrected chi connectivity index (χ0v) is 12.4. The highest BCUT2D eigenvalue weighted by Crippen LogP contribution is 2.23. The minimum Gasteiger partial charge on any atom is -0.461 e. The number of hydrogen-bond acceptors (Lipinski definition) is 6. The lowest BCUT2D eigenvalue weighted by Gasteiger charge is -2.05. The summed E-state index contributed by atoms with van der Waals surface area (Å²) in [5.74, 6) is -0.897. The lowest BCUT2D eigenvalue weighted by atomic mass is 10.3. The van der Waals surface area contributed by atoms with E-state index >= 15 is 0 Å². The van der Waals surface area contributed by atoms with Gasteiger partial charge >= 0.3 is 5.97 Å². The molecule has 2 aromatic rings. The zero-order valence-electron chi connectivity index (χ0n) is 11.5. The van der Waals surface area contributed by atoms with Crippen LogP contribution >= 0.6 is 11.3 Å². The molecule has 0 saturated carbocycles. The van der Waals surface area contributed by atoms with Gasteiger partial charge < -0.3 is 4.74 Å². The summed E-state index contributed by atoms with van der Waals surface area (Å²) in [7, 11) is 0. The van der Waals surface area contributed by atoms with Gasteiger partial charge in [0.25, 0.3) is 6.43 Å². The molecule has 114 valence electrons. The summed E-state index contributed by atoms with van der Waals surface area (Å²) in [6, 6.07) is 0. The lowest BCUT2D eigenvalue weighted by Crippen LogP contribution is -2.12. The minimum absolute atomic E-state index is 0.0442. The van der Waals surface area contributed by atoms with E-state index in [2.05, 4.69) is 15.3 Å². The van der Waals surface area contributed by atoms with E-state index in [0.717, 1.165) is 16.1 Å². The summed E-state index contributed by atoms with van der Waals surface area (Å²) in [5, 5.41) is 9.82. The molecule has 21 heavy (non-hydrogen) atoms. The first-order valence-electron chi connectivity index (χ1n) is 6.38. The van der Waals surface area contributed by atoms with Crippen LogP contribution in [0.25, 0.3) is 0 Å². The van der Waals surface area contributed by atoms with Gasteiger partial charge in [0.1, 0.15) is 5.69 Å². The number of halogens is 2. The fourth-order valence-corrected chi connectivity index (χ4v) is 2.47. The van der Waals surface area contributed by atoms with Crippen LogP contribution < -0.4 is 0 Å². The Morgan fingerprint density at radius 1 is 1.48 bits per heavy atom. The van der Waals surface area contributed by atoms with Crippen molar-refractivity contribution in [2.45, 2.75) is 33.2 Å². The fourth-order valence-electron chi connectivity index (χ4n) is 1.74. The van der Waals surface area contributed by atoms with Gasteiger partial charge in [0.05, 0.1) is 23.9 Å². The minimum atomic E-state index is -2.87. The average molecular weight is 316 g/mol. The number of esters is 1. The van der Waals surface area contributed by atoms with Crippen LogP contribution in [0.5, 0.6) is 0 Å². The molecule has 0 saturated heterocycles. The number of carbonyl (C=O) groups is 1. The topological polar surface area (TPSA) is 69.9 Å². The summed E-state index contributed by atoms with van der Waals surface area (Å²) in [5.41, 5.74) is -0.378. The Morgan fingerprint density at radius 2 is 2.24 bits per heavy atom. The van der Waals surface area contributed by atoms with Crippen LogP contribution in [0.4, 0.5) is 8.78 Å². The summed E-state index contributed by atoms with van der Waals surface area (Å²) >= 11 is 1.45. The Labute approximate surface area is 123 Å². The van der Waals surface area contributed by atoms with Crippen LogP contribution in [0, 0.1) is 0 Å². The van der Waals surface area contributed by atoms with E-state index in [1.807, 2.05) is 6.92 Å². The highest BCUT2D eigenvalue weighted by Gasteiger charge is 2.27. The third kappa shape index (κ3) is 3.41. The van der Waals surface area contributed by atoms with E-state index in [1.54, 1.807) is 12.3 Å². The second kappa shape index (κ2) is 6.70. The van der Waals surface area contributed by atoms with Crippen molar-refractivity contribution in [1.29, 1.82) is 0 Å². The van der Waals surface area contributed by atoms with E-state index in [0.29, 0.717) is 5.69 Å². The van der Waals surface area contributed by atoms with Gasteiger partial charge in [-0.3, -0.25) is 0 Å². The Balaban J connectivity index is 2.29. The van der Waals surface area contributed by atoms with Gasteiger partial charge in [-0.1, -0.05) is 12.1 Å². The van der Waals surface area contributed by atoms with Crippen LogP contribution in [0.15, 0.2) is 5.38 Å². The van der Waals surface area contributed by atoms with E-state index < -0.39 is 23.8 Å². The molecular weight excluding hydrogens is 302 g/mol. The predicted molar refractivity (Wildman–Crippen MR) is 71.5 cm³/mol. The molecule has 0 spiro atoms. The largest absolute Gasteiger partial charge is 0.461 e. The Hall–Kier alpha value is -1.90. The normalized spacial score (nSPS) is 11.1. The molecule has 0 unspecified atom stereocenters. The van der Waals surface area contributed by atoms with Crippen molar-refractivity contribution in [2.24, 2.45) is 0 Å². The third-order valence-electron chi connectivity index (χ3n) is 2.66. The second-order valence-electron chi connectivity index (χ2n) is 4.09. The van der Waals surface area contributed by atoms with Gasteiger partial charge in [-0.05, 0) is 13.3 Å². The molecule has 2 aromatic heterocycles. The van der Waals surface area contributed by atoms with Gasteiger partial charge in [-0.25, -0.2) is 23.2 Å². The molecule has 0 N–H and O–H groups in total. The van der Waals surface area contributed by atoms with Crippen LogP contribution in [0.2, 0.25) is 0 Å². The van der Waals surface area contributed by atoms with Gasteiger partial charge in [0.15, 0.2) is 5.69 Å². The standard InChI is InChI=1S/C12H14F2N4O2S/c1-3-8-15-7(6-21-8)5-18-10(11(13)14)9(16-17-18)12(19)20-4-2/h6,11H,3-5H2,1-2H3. The number of nitrogens with zero attached hydrogens (tertiary/aromatic N) is 4. The molecule has 0 fully saturated rings. The van der Waals surface area contributed by atoms with E-state index in [4.69, 9.17) is 4.74 Å². The monoisotopic (exact) mass is 316 g/mol. The molecule has 0 radical (unpaired) electrons. The quantitative estimate of drug-likeness (QED) is 0.766. The number of thiazole rings is 1. The number of aromatic nitrogens is 4. The van der Waals surface area contributed by atoms with Crippen LogP contribution in [0.1, 0.15) is 47.2 Å². The van der Waals surface area contributed by atoms with Crippen molar-refractivity contribution >= 4 is 17.3 Å². The average Bonchev–Trinajstić information content (AvgIpc) is 3.06. The third-order valence-corrected chi connectivity index (χ3v) is 3.70. The van der Waals surface area contributed by atoms with Gasteiger partial charge in [-0.15, -0.1) is 16.4 Å². The highest BCUT2D eigenvalue weighted by molar-refractivity contribution is 7.09. The lowest BCUT2D eigenvalue weighted by molar-refractivity contribution is 0.0506.